The molecule has 0 aliphatic carbocycles. The molecule has 1 atom stereocenters. The summed E-state index contributed by atoms with van der Waals surface area (Å²) in [6.45, 7) is 2.23. The van der Waals surface area contributed by atoms with E-state index >= 15 is 0 Å². The number of hydrogen-bond donors (Lipinski definition) is 1. The van der Waals surface area contributed by atoms with Crippen LogP contribution in [0.4, 0.5) is 0 Å². The van der Waals surface area contributed by atoms with Crippen LogP contribution in [-0.2, 0) is 0 Å². The number of nitrogens with two attached hydrogens (primary N) is 1. The van der Waals surface area contributed by atoms with Crippen molar-refractivity contribution in [2.24, 2.45) is 5.73 Å². The summed E-state index contributed by atoms with van der Waals surface area (Å²) >= 11 is 0. The minimum atomic E-state index is 0.404. The molecule has 2 N–H and O–H groups in total. The standard InChI is InChI=1S/C7H18BN/c1-2-3-4-5-6-7(8)9/h7H,2-6,8-9H2,1H3. The van der Waals surface area contributed by atoms with E-state index in [0.717, 1.165) is 0 Å². The van der Waals surface area contributed by atoms with Gasteiger partial charge in [0.15, 0.2) is 0 Å². The molecule has 1 nitrogen and oxygen atoms in total. The summed E-state index contributed by atoms with van der Waals surface area (Å²) < 4.78 is 0. The topological polar surface area (TPSA) is 26.0 Å². The van der Waals surface area contributed by atoms with Gasteiger partial charge in [0.2, 0.25) is 0 Å². The van der Waals surface area contributed by atoms with Crippen LogP contribution in [-0.4, -0.2) is 13.8 Å². The molecule has 0 aliphatic rings. The number of unbranched alkanes of at least 4 members (excludes halogenated alkanes) is 3. The molecule has 54 valence electrons. The van der Waals surface area contributed by atoms with E-state index in [1.165, 1.54) is 32.1 Å². The maximum Gasteiger partial charge on any atom is 0.123 e. The molecule has 0 saturated heterocycles. The van der Waals surface area contributed by atoms with Crippen molar-refractivity contribution in [1.29, 1.82) is 0 Å². The van der Waals surface area contributed by atoms with E-state index in [1.807, 2.05) is 0 Å². The summed E-state index contributed by atoms with van der Waals surface area (Å²) in [6.07, 6.45) is 6.55. The Kier molecular flexibility index (Phi) is 6.17. The van der Waals surface area contributed by atoms with Crippen LogP contribution in [0.1, 0.15) is 39.0 Å². The lowest BCUT2D eigenvalue weighted by molar-refractivity contribution is 0.620. The fourth-order valence-electron chi connectivity index (χ4n) is 0.893. The predicted octanol–water partition coefficient (Wildman–Crippen LogP) is 0.875. The molecule has 1 unspecified atom stereocenters. The lowest BCUT2D eigenvalue weighted by Gasteiger charge is -2.02. The first-order chi connectivity index (χ1) is 4.27. The first kappa shape index (κ1) is 9.02. The second-order valence-corrected chi connectivity index (χ2v) is 2.83. The Morgan fingerprint density at radius 3 is 2.44 bits per heavy atom. The normalized spacial score (nSPS) is 13.6. The van der Waals surface area contributed by atoms with Crippen molar-refractivity contribution in [2.75, 3.05) is 0 Å². The molecule has 0 radical (unpaired) electrons. The molecule has 0 aromatic heterocycles. The van der Waals surface area contributed by atoms with Crippen LogP contribution in [0.5, 0.6) is 0 Å². The van der Waals surface area contributed by atoms with E-state index in [4.69, 9.17) is 5.73 Å². The fourth-order valence-corrected chi connectivity index (χ4v) is 0.893. The third-order valence-corrected chi connectivity index (χ3v) is 1.51. The van der Waals surface area contributed by atoms with E-state index in [1.54, 1.807) is 0 Å². The van der Waals surface area contributed by atoms with E-state index in [2.05, 4.69) is 14.8 Å². The van der Waals surface area contributed by atoms with Crippen molar-refractivity contribution < 1.29 is 0 Å². The van der Waals surface area contributed by atoms with Crippen molar-refractivity contribution in [3.05, 3.63) is 0 Å². The van der Waals surface area contributed by atoms with Gasteiger partial charge in [-0.3, -0.25) is 0 Å². The van der Waals surface area contributed by atoms with Gasteiger partial charge >= 0.3 is 0 Å². The molecule has 0 fully saturated rings. The highest BCUT2D eigenvalue weighted by atomic mass is 14.6. The maximum absolute atomic E-state index is 5.57. The second-order valence-electron chi connectivity index (χ2n) is 2.83. The molecule has 0 aromatic rings. The van der Waals surface area contributed by atoms with Gasteiger partial charge in [0.25, 0.3) is 0 Å². The van der Waals surface area contributed by atoms with Gasteiger partial charge in [-0.2, -0.15) is 0 Å². The van der Waals surface area contributed by atoms with Crippen molar-refractivity contribution in [3.63, 3.8) is 0 Å². The third-order valence-electron chi connectivity index (χ3n) is 1.51. The first-order valence-corrected chi connectivity index (χ1v) is 4.03. The van der Waals surface area contributed by atoms with Crippen LogP contribution >= 0.6 is 0 Å². The smallest absolute Gasteiger partial charge is 0.123 e. The van der Waals surface area contributed by atoms with Gasteiger partial charge in [-0.1, -0.05) is 32.6 Å². The van der Waals surface area contributed by atoms with Crippen molar-refractivity contribution in [1.82, 2.24) is 0 Å². The van der Waals surface area contributed by atoms with Crippen molar-refractivity contribution in [2.45, 2.75) is 45.0 Å². The lowest BCUT2D eigenvalue weighted by Crippen LogP contribution is -2.18. The molecule has 2 heteroatoms. The highest BCUT2D eigenvalue weighted by Gasteiger charge is 1.92. The van der Waals surface area contributed by atoms with Gasteiger partial charge in [-0.05, 0) is 12.4 Å². The van der Waals surface area contributed by atoms with Crippen molar-refractivity contribution in [3.8, 4) is 0 Å². The molecule has 0 amide bonds. The van der Waals surface area contributed by atoms with Gasteiger partial charge in [0.05, 0.1) is 0 Å². The Morgan fingerprint density at radius 1 is 1.33 bits per heavy atom. The molecular weight excluding hydrogens is 109 g/mol. The molecule has 0 saturated carbocycles. The summed E-state index contributed by atoms with van der Waals surface area (Å²) in [5.41, 5.74) is 5.57. The van der Waals surface area contributed by atoms with Gasteiger partial charge in [0.1, 0.15) is 7.85 Å². The third kappa shape index (κ3) is 8.02. The number of rotatable bonds is 5. The minimum Gasteiger partial charge on any atom is -0.335 e. The van der Waals surface area contributed by atoms with E-state index in [-0.39, 0.29) is 0 Å². The zero-order chi connectivity index (χ0) is 7.11. The fraction of sp³-hybridized carbons (Fsp3) is 1.00. The van der Waals surface area contributed by atoms with Gasteiger partial charge in [0, 0.05) is 0 Å². The minimum absolute atomic E-state index is 0.404. The van der Waals surface area contributed by atoms with Gasteiger partial charge in [-0.25, -0.2) is 0 Å². The molecule has 0 aliphatic heterocycles. The Balaban J connectivity index is 2.75. The molecule has 0 heterocycles. The summed E-state index contributed by atoms with van der Waals surface area (Å²) in [4.78, 5) is 0. The molecule has 9 heavy (non-hydrogen) atoms. The highest BCUT2D eigenvalue weighted by molar-refractivity contribution is 6.11. The summed E-state index contributed by atoms with van der Waals surface area (Å²) in [7, 11) is 2.08. The van der Waals surface area contributed by atoms with Crippen LogP contribution in [0.2, 0.25) is 0 Å². The average Bonchev–Trinajstić information content (AvgIpc) is 1.80. The largest absolute Gasteiger partial charge is 0.335 e. The van der Waals surface area contributed by atoms with E-state index in [9.17, 15) is 0 Å². The second kappa shape index (κ2) is 6.15. The highest BCUT2D eigenvalue weighted by Crippen LogP contribution is 2.02. The summed E-state index contributed by atoms with van der Waals surface area (Å²) in [5, 5.41) is 0. The van der Waals surface area contributed by atoms with Crippen LogP contribution in [0.3, 0.4) is 0 Å². The van der Waals surface area contributed by atoms with E-state index in [0.29, 0.717) is 5.94 Å². The van der Waals surface area contributed by atoms with Gasteiger partial charge < -0.3 is 5.73 Å². The van der Waals surface area contributed by atoms with Gasteiger partial charge in [-0.15, -0.1) is 0 Å². The molecular formula is C7H18BN. The zero-order valence-corrected chi connectivity index (χ0v) is 6.69. The first-order valence-electron chi connectivity index (χ1n) is 4.03. The summed E-state index contributed by atoms with van der Waals surface area (Å²) in [6, 6.07) is 0. The molecule has 0 rings (SSSR count). The van der Waals surface area contributed by atoms with Crippen LogP contribution < -0.4 is 5.73 Å². The molecule has 0 spiro atoms. The SMILES string of the molecule is BC(N)CCCCCC. The average molecular weight is 127 g/mol. The Morgan fingerprint density at radius 2 is 2.00 bits per heavy atom. The lowest BCUT2D eigenvalue weighted by atomic mass is 9.92. The molecule has 0 aromatic carbocycles. The predicted molar refractivity (Wildman–Crippen MR) is 45.3 cm³/mol. The summed E-state index contributed by atoms with van der Waals surface area (Å²) in [5.74, 6) is 0.404. The number of hydrogen-bond acceptors (Lipinski definition) is 1. The Hall–Kier alpha value is 0.0249. The van der Waals surface area contributed by atoms with Crippen LogP contribution in [0, 0.1) is 0 Å². The van der Waals surface area contributed by atoms with Crippen molar-refractivity contribution >= 4 is 7.85 Å². The Bertz CT molecular complexity index is 54.9. The monoisotopic (exact) mass is 127 g/mol. The zero-order valence-electron chi connectivity index (χ0n) is 6.69. The molecule has 0 bridgehead atoms. The van der Waals surface area contributed by atoms with E-state index < -0.39 is 0 Å². The Labute approximate surface area is 59.4 Å². The van der Waals surface area contributed by atoms with Crippen LogP contribution in [0.25, 0.3) is 0 Å². The maximum atomic E-state index is 5.57. The quantitative estimate of drug-likeness (QED) is 0.430. The van der Waals surface area contributed by atoms with Crippen LogP contribution in [0.15, 0.2) is 0 Å².